The van der Waals surface area contributed by atoms with Crippen molar-refractivity contribution in [2.24, 2.45) is 0 Å². The van der Waals surface area contributed by atoms with E-state index in [0.29, 0.717) is 5.56 Å². The van der Waals surface area contributed by atoms with Gasteiger partial charge in [-0.3, -0.25) is 4.79 Å². The van der Waals surface area contributed by atoms with Crippen LogP contribution in [0, 0.1) is 6.92 Å². The quantitative estimate of drug-likeness (QED) is 0.712. The minimum atomic E-state index is -0.0973. The Kier molecular flexibility index (Phi) is 4.39. The molecule has 0 unspecified atom stereocenters. The maximum atomic E-state index is 12.4. The van der Waals surface area contributed by atoms with Crippen LogP contribution in [0.15, 0.2) is 78.9 Å². The maximum absolute atomic E-state index is 12.4. The molecule has 0 aliphatic rings. The molecule has 0 radical (unpaired) electrons. The average Bonchev–Trinajstić information content (AvgIpc) is 2.56. The average molecular weight is 302 g/mol. The highest BCUT2D eigenvalue weighted by molar-refractivity contribution is 6.05. The molecule has 0 fully saturated rings. The Bertz CT molecular complexity index is 813. The Morgan fingerprint density at radius 1 is 0.739 bits per heavy atom. The summed E-state index contributed by atoms with van der Waals surface area (Å²) in [4.78, 5) is 12.4. The van der Waals surface area contributed by atoms with Crippen molar-refractivity contribution in [1.82, 2.24) is 0 Å². The van der Waals surface area contributed by atoms with Crippen LogP contribution in [0.5, 0.6) is 0 Å². The molecule has 3 rings (SSSR count). The SMILES string of the molecule is Cc1ccccc1C(=O)Nc1cccc(Nc2ccccc2)c1. The van der Waals surface area contributed by atoms with Crippen LogP contribution in [0.3, 0.4) is 0 Å². The van der Waals surface area contributed by atoms with Gasteiger partial charge in [-0.15, -0.1) is 0 Å². The minimum Gasteiger partial charge on any atom is -0.355 e. The fourth-order valence-corrected chi connectivity index (χ4v) is 2.39. The lowest BCUT2D eigenvalue weighted by Gasteiger charge is -2.10. The molecule has 3 heteroatoms. The van der Waals surface area contributed by atoms with E-state index < -0.39 is 0 Å². The Balaban J connectivity index is 1.75. The molecule has 0 heterocycles. The molecule has 1 amide bonds. The zero-order valence-corrected chi connectivity index (χ0v) is 12.9. The monoisotopic (exact) mass is 302 g/mol. The van der Waals surface area contributed by atoms with Gasteiger partial charge in [0.05, 0.1) is 0 Å². The van der Waals surface area contributed by atoms with E-state index in [4.69, 9.17) is 0 Å². The van der Waals surface area contributed by atoms with E-state index in [0.717, 1.165) is 22.6 Å². The molecular formula is C20H18N2O. The molecule has 114 valence electrons. The third-order valence-corrected chi connectivity index (χ3v) is 3.57. The Morgan fingerprint density at radius 2 is 1.39 bits per heavy atom. The molecule has 0 atom stereocenters. The van der Waals surface area contributed by atoms with Gasteiger partial charge in [-0.1, -0.05) is 42.5 Å². The Morgan fingerprint density at radius 3 is 2.17 bits per heavy atom. The first-order valence-corrected chi connectivity index (χ1v) is 7.51. The molecule has 0 aromatic heterocycles. The van der Waals surface area contributed by atoms with Crippen LogP contribution in [-0.4, -0.2) is 5.91 Å². The summed E-state index contributed by atoms with van der Waals surface area (Å²) in [6.07, 6.45) is 0. The van der Waals surface area contributed by atoms with Crippen LogP contribution in [0.25, 0.3) is 0 Å². The van der Waals surface area contributed by atoms with E-state index >= 15 is 0 Å². The lowest BCUT2D eigenvalue weighted by atomic mass is 10.1. The lowest BCUT2D eigenvalue weighted by Crippen LogP contribution is -2.13. The molecule has 0 bridgehead atoms. The summed E-state index contributed by atoms with van der Waals surface area (Å²) in [5.74, 6) is -0.0973. The molecule has 0 saturated heterocycles. The van der Waals surface area contributed by atoms with Crippen molar-refractivity contribution in [3.05, 3.63) is 90.0 Å². The number of amides is 1. The third kappa shape index (κ3) is 3.77. The van der Waals surface area contributed by atoms with Gasteiger partial charge in [-0.2, -0.15) is 0 Å². The first-order chi connectivity index (χ1) is 11.2. The van der Waals surface area contributed by atoms with E-state index in [1.165, 1.54) is 0 Å². The first-order valence-electron chi connectivity index (χ1n) is 7.51. The minimum absolute atomic E-state index is 0.0973. The van der Waals surface area contributed by atoms with Gasteiger partial charge in [0.25, 0.3) is 5.91 Å². The number of carbonyl (C=O) groups excluding carboxylic acids is 1. The summed E-state index contributed by atoms with van der Waals surface area (Å²) < 4.78 is 0. The molecule has 0 saturated carbocycles. The number of hydrogen-bond acceptors (Lipinski definition) is 2. The van der Waals surface area contributed by atoms with Crippen LogP contribution in [0.2, 0.25) is 0 Å². The molecule has 3 nitrogen and oxygen atoms in total. The van der Waals surface area contributed by atoms with Gasteiger partial charge in [-0.25, -0.2) is 0 Å². The van der Waals surface area contributed by atoms with Crippen molar-refractivity contribution >= 4 is 23.0 Å². The van der Waals surface area contributed by atoms with E-state index in [-0.39, 0.29) is 5.91 Å². The van der Waals surface area contributed by atoms with Crippen molar-refractivity contribution in [1.29, 1.82) is 0 Å². The summed E-state index contributed by atoms with van der Waals surface area (Å²) in [5, 5.41) is 6.26. The summed E-state index contributed by atoms with van der Waals surface area (Å²) in [5.41, 5.74) is 4.35. The van der Waals surface area contributed by atoms with Crippen molar-refractivity contribution in [2.45, 2.75) is 6.92 Å². The third-order valence-electron chi connectivity index (χ3n) is 3.57. The number of aryl methyl sites for hydroxylation is 1. The number of benzene rings is 3. The number of hydrogen-bond donors (Lipinski definition) is 2. The van der Waals surface area contributed by atoms with E-state index in [1.54, 1.807) is 0 Å². The van der Waals surface area contributed by atoms with Crippen molar-refractivity contribution in [3.8, 4) is 0 Å². The number of rotatable bonds is 4. The predicted molar refractivity (Wildman–Crippen MR) is 95.3 cm³/mol. The summed E-state index contributed by atoms with van der Waals surface area (Å²) in [6.45, 7) is 1.93. The second-order valence-electron chi connectivity index (χ2n) is 5.34. The molecule has 3 aromatic rings. The highest BCUT2D eigenvalue weighted by atomic mass is 16.1. The molecule has 23 heavy (non-hydrogen) atoms. The van der Waals surface area contributed by atoms with E-state index in [9.17, 15) is 4.79 Å². The van der Waals surface area contributed by atoms with E-state index in [2.05, 4.69) is 10.6 Å². The van der Waals surface area contributed by atoms with Gasteiger partial charge in [0.2, 0.25) is 0 Å². The van der Waals surface area contributed by atoms with Crippen LogP contribution >= 0.6 is 0 Å². The number of nitrogens with one attached hydrogen (secondary N) is 2. The first kappa shape index (κ1) is 14.9. The standard InChI is InChI=1S/C20H18N2O/c1-15-8-5-6-13-19(15)20(23)22-18-12-7-11-17(14-18)21-16-9-3-2-4-10-16/h2-14,21H,1H3,(H,22,23). The largest absolute Gasteiger partial charge is 0.355 e. The molecule has 0 spiro atoms. The number of anilines is 3. The fraction of sp³-hybridized carbons (Fsp3) is 0.0500. The smallest absolute Gasteiger partial charge is 0.255 e. The van der Waals surface area contributed by atoms with Crippen LogP contribution < -0.4 is 10.6 Å². The van der Waals surface area contributed by atoms with Crippen LogP contribution in [0.1, 0.15) is 15.9 Å². The maximum Gasteiger partial charge on any atom is 0.255 e. The van der Waals surface area contributed by atoms with Gasteiger partial charge in [0, 0.05) is 22.6 Å². The Hall–Kier alpha value is -3.07. The van der Waals surface area contributed by atoms with Crippen molar-refractivity contribution in [2.75, 3.05) is 10.6 Å². The van der Waals surface area contributed by atoms with Gasteiger partial charge in [0.1, 0.15) is 0 Å². The normalized spacial score (nSPS) is 10.1. The number of para-hydroxylation sites is 1. The van der Waals surface area contributed by atoms with Crippen LogP contribution in [-0.2, 0) is 0 Å². The van der Waals surface area contributed by atoms with E-state index in [1.807, 2.05) is 85.8 Å². The topological polar surface area (TPSA) is 41.1 Å². The summed E-state index contributed by atoms with van der Waals surface area (Å²) in [6, 6.07) is 25.2. The Labute approximate surface area is 136 Å². The highest BCUT2D eigenvalue weighted by Crippen LogP contribution is 2.20. The second kappa shape index (κ2) is 6.79. The van der Waals surface area contributed by atoms with Gasteiger partial charge in [0.15, 0.2) is 0 Å². The fourth-order valence-electron chi connectivity index (χ4n) is 2.39. The van der Waals surface area contributed by atoms with Crippen molar-refractivity contribution < 1.29 is 4.79 Å². The molecule has 2 N–H and O–H groups in total. The predicted octanol–water partition coefficient (Wildman–Crippen LogP) is 4.99. The van der Waals surface area contributed by atoms with Gasteiger partial charge in [-0.05, 0) is 48.9 Å². The zero-order valence-electron chi connectivity index (χ0n) is 12.9. The molecule has 3 aromatic carbocycles. The molecule has 0 aliphatic carbocycles. The number of carbonyl (C=O) groups is 1. The van der Waals surface area contributed by atoms with Crippen molar-refractivity contribution in [3.63, 3.8) is 0 Å². The summed E-state index contributed by atoms with van der Waals surface area (Å²) >= 11 is 0. The van der Waals surface area contributed by atoms with Gasteiger partial charge < -0.3 is 10.6 Å². The van der Waals surface area contributed by atoms with Gasteiger partial charge >= 0.3 is 0 Å². The molecule has 0 aliphatic heterocycles. The highest BCUT2D eigenvalue weighted by Gasteiger charge is 2.08. The lowest BCUT2D eigenvalue weighted by molar-refractivity contribution is 0.102. The second-order valence-corrected chi connectivity index (χ2v) is 5.34. The van der Waals surface area contributed by atoms with Crippen LogP contribution in [0.4, 0.5) is 17.1 Å². The zero-order chi connectivity index (χ0) is 16.1. The summed E-state index contributed by atoms with van der Waals surface area (Å²) in [7, 11) is 0. The molecular weight excluding hydrogens is 284 g/mol.